The van der Waals surface area contributed by atoms with Crippen LogP contribution in [0.15, 0.2) is 0 Å². The molecule has 1 N–H and O–H groups in total. The van der Waals surface area contributed by atoms with Crippen LogP contribution in [0.5, 0.6) is 0 Å². The first-order valence-corrected chi connectivity index (χ1v) is 6.15. The van der Waals surface area contributed by atoms with Crippen molar-refractivity contribution >= 4 is 11.6 Å². The maximum Gasteiger partial charge on any atom is 0.319 e. The average Bonchev–Trinajstić information content (AvgIpc) is 2.67. The third-order valence-electron chi connectivity index (χ3n) is 2.74. The highest BCUT2D eigenvalue weighted by Gasteiger charge is 2.31. The smallest absolute Gasteiger partial charge is 0.319 e. The highest BCUT2D eigenvalue weighted by atomic mass is 19.3. The molecule has 0 saturated heterocycles. The summed E-state index contributed by atoms with van der Waals surface area (Å²) in [6.07, 6.45) is -1.35. The Morgan fingerprint density at radius 3 is 2.65 bits per heavy atom. The molecule has 9 heteroatoms. The molecule has 0 atom stereocenters. The van der Waals surface area contributed by atoms with E-state index in [1.165, 1.54) is 6.92 Å². The van der Waals surface area contributed by atoms with Gasteiger partial charge in [0.1, 0.15) is 12.2 Å². The number of amides is 1. The summed E-state index contributed by atoms with van der Waals surface area (Å²) in [4.78, 5) is 21.4. The van der Waals surface area contributed by atoms with Crippen molar-refractivity contribution in [2.45, 2.75) is 39.7 Å². The van der Waals surface area contributed by atoms with Crippen molar-refractivity contribution in [2.75, 3.05) is 6.54 Å². The van der Waals surface area contributed by atoms with Gasteiger partial charge in [-0.05, 0) is 13.3 Å². The Morgan fingerprint density at radius 1 is 1.55 bits per heavy atom. The van der Waals surface area contributed by atoms with Crippen molar-refractivity contribution in [3.8, 4) is 0 Å². The molecule has 1 rings (SSSR count). The minimum absolute atomic E-state index is 0.0593. The fraction of sp³-hybridized carbons (Fsp3) is 0.636. The first-order chi connectivity index (χ1) is 9.38. The molecule has 0 unspecified atom stereocenters. The van der Waals surface area contributed by atoms with Crippen LogP contribution >= 0.6 is 0 Å². The molecule has 1 aromatic rings. The van der Waals surface area contributed by atoms with E-state index in [1.807, 2.05) is 6.92 Å². The summed E-state index contributed by atoms with van der Waals surface area (Å²) in [7, 11) is 0. The lowest BCUT2D eigenvalue weighted by atomic mass is 10.3. The Kier molecular flexibility index (Phi) is 5.53. The number of nitrogens with zero attached hydrogens (tertiary/aromatic N) is 3. The zero-order valence-electron chi connectivity index (χ0n) is 11.2. The number of halogens is 2. The zero-order valence-corrected chi connectivity index (χ0v) is 11.2. The lowest BCUT2D eigenvalue weighted by molar-refractivity contribution is -0.386. The topological polar surface area (TPSA) is 90.1 Å². The zero-order chi connectivity index (χ0) is 15.3. The van der Waals surface area contributed by atoms with Crippen LogP contribution in [0.1, 0.15) is 37.6 Å². The van der Waals surface area contributed by atoms with Crippen LogP contribution in [-0.4, -0.2) is 27.2 Å². The summed E-state index contributed by atoms with van der Waals surface area (Å²) in [6, 6.07) is 0. The quantitative estimate of drug-likeness (QED) is 0.472. The molecule has 1 amide bonds. The maximum absolute atomic E-state index is 12.7. The number of aromatic nitrogens is 2. The van der Waals surface area contributed by atoms with E-state index >= 15 is 0 Å². The number of unbranched alkanes of at least 4 members (excludes halogenated alkanes) is 1. The van der Waals surface area contributed by atoms with E-state index in [-0.39, 0.29) is 12.2 Å². The van der Waals surface area contributed by atoms with Crippen LogP contribution in [0.4, 0.5) is 14.5 Å². The van der Waals surface area contributed by atoms with E-state index in [9.17, 15) is 23.7 Å². The Labute approximate surface area is 114 Å². The summed E-state index contributed by atoms with van der Waals surface area (Å²) >= 11 is 0. The van der Waals surface area contributed by atoms with Crippen molar-refractivity contribution in [1.29, 1.82) is 0 Å². The third-order valence-corrected chi connectivity index (χ3v) is 2.74. The fourth-order valence-electron chi connectivity index (χ4n) is 1.68. The second kappa shape index (κ2) is 6.92. The molecule has 0 aliphatic heterocycles. The van der Waals surface area contributed by atoms with Gasteiger partial charge >= 0.3 is 5.69 Å². The molecule has 0 radical (unpaired) electrons. The highest BCUT2D eigenvalue weighted by molar-refractivity contribution is 5.75. The van der Waals surface area contributed by atoms with Gasteiger partial charge in [-0.3, -0.25) is 19.6 Å². The van der Waals surface area contributed by atoms with Crippen LogP contribution in [0.25, 0.3) is 0 Å². The van der Waals surface area contributed by atoms with Crippen molar-refractivity contribution in [3.63, 3.8) is 0 Å². The van der Waals surface area contributed by atoms with Gasteiger partial charge in [0.25, 0.3) is 6.43 Å². The van der Waals surface area contributed by atoms with E-state index in [0.717, 1.165) is 17.5 Å². The number of alkyl halides is 2. The number of hydrogen-bond acceptors (Lipinski definition) is 4. The highest BCUT2D eigenvalue weighted by Crippen LogP contribution is 2.30. The molecule has 20 heavy (non-hydrogen) atoms. The van der Waals surface area contributed by atoms with Crippen molar-refractivity contribution in [1.82, 2.24) is 15.1 Å². The van der Waals surface area contributed by atoms with Crippen molar-refractivity contribution in [2.24, 2.45) is 0 Å². The van der Waals surface area contributed by atoms with E-state index in [2.05, 4.69) is 10.4 Å². The number of carbonyl (C=O) groups is 1. The first kappa shape index (κ1) is 16.0. The van der Waals surface area contributed by atoms with Crippen LogP contribution < -0.4 is 5.32 Å². The monoisotopic (exact) mass is 290 g/mol. The lowest BCUT2D eigenvalue weighted by Gasteiger charge is -2.05. The van der Waals surface area contributed by atoms with Gasteiger partial charge in [0.05, 0.1) is 4.92 Å². The van der Waals surface area contributed by atoms with Gasteiger partial charge in [-0.15, -0.1) is 0 Å². The molecule has 0 aliphatic carbocycles. The second-order valence-electron chi connectivity index (χ2n) is 4.24. The SMILES string of the molecule is CCCCNC(=O)Cn1nc(C(F)F)c([N+](=O)[O-])c1C. The minimum atomic E-state index is -3.06. The van der Waals surface area contributed by atoms with Crippen LogP contribution in [-0.2, 0) is 11.3 Å². The first-order valence-electron chi connectivity index (χ1n) is 6.15. The van der Waals surface area contributed by atoms with Gasteiger partial charge in [0.2, 0.25) is 11.6 Å². The van der Waals surface area contributed by atoms with Gasteiger partial charge in [-0.25, -0.2) is 8.78 Å². The number of nitrogens with one attached hydrogen (secondary N) is 1. The number of rotatable bonds is 7. The summed E-state index contributed by atoms with van der Waals surface area (Å²) in [5.74, 6) is -0.417. The Hall–Kier alpha value is -2.06. The number of carbonyl (C=O) groups excluding carboxylic acids is 1. The average molecular weight is 290 g/mol. The second-order valence-corrected chi connectivity index (χ2v) is 4.24. The van der Waals surface area contributed by atoms with Crippen LogP contribution in [0, 0.1) is 17.0 Å². The van der Waals surface area contributed by atoms with E-state index in [0.29, 0.717) is 6.54 Å². The predicted molar refractivity (Wildman–Crippen MR) is 66.5 cm³/mol. The summed E-state index contributed by atoms with van der Waals surface area (Å²) in [6.45, 7) is 3.40. The molecule has 0 fully saturated rings. The molecule has 7 nitrogen and oxygen atoms in total. The van der Waals surface area contributed by atoms with Gasteiger partial charge in [-0.1, -0.05) is 13.3 Å². The van der Waals surface area contributed by atoms with Crippen molar-refractivity contribution < 1.29 is 18.5 Å². The standard InChI is InChI=1S/C11H16F2N4O3/c1-3-4-5-14-8(18)6-16-7(2)10(17(19)20)9(15-16)11(12)13/h11H,3-6H2,1-2H3,(H,14,18). The predicted octanol–water partition coefficient (Wildman–Crippen LogP) is 1.95. The van der Waals surface area contributed by atoms with Crippen molar-refractivity contribution in [3.05, 3.63) is 21.5 Å². The normalized spacial score (nSPS) is 10.8. The molecule has 0 saturated carbocycles. The summed E-state index contributed by atoms with van der Waals surface area (Å²) in [5.41, 5.74) is -1.70. The van der Waals surface area contributed by atoms with Gasteiger partial charge in [-0.2, -0.15) is 5.10 Å². The van der Waals surface area contributed by atoms with E-state index < -0.39 is 28.6 Å². The largest absolute Gasteiger partial charge is 0.354 e. The molecule has 0 bridgehead atoms. The summed E-state index contributed by atoms with van der Waals surface area (Å²) < 4.78 is 26.3. The molecule has 1 heterocycles. The number of nitro groups is 1. The van der Waals surface area contributed by atoms with Gasteiger partial charge in [0, 0.05) is 6.54 Å². The molecule has 0 aliphatic rings. The molecular formula is C11H16F2N4O3. The lowest BCUT2D eigenvalue weighted by Crippen LogP contribution is -2.29. The van der Waals surface area contributed by atoms with Crippen LogP contribution in [0.3, 0.4) is 0 Å². The van der Waals surface area contributed by atoms with Gasteiger partial charge in [0.15, 0.2) is 0 Å². The van der Waals surface area contributed by atoms with Gasteiger partial charge < -0.3 is 5.32 Å². The number of hydrogen-bond donors (Lipinski definition) is 1. The molecule has 0 spiro atoms. The minimum Gasteiger partial charge on any atom is -0.354 e. The maximum atomic E-state index is 12.7. The molecular weight excluding hydrogens is 274 g/mol. The Bertz CT molecular complexity index is 502. The summed E-state index contributed by atoms with van der Waals surface area (Å²) in [5, 5.41) is 16.8. The molecule has 0 aromatic carbocycles. The third kappa shape index (κ3) is 3.72. The molecule has 112 valence electrons. The molecule has 1 aromatic heterocycles. The van der Waals surface area contributed by atoms with E-state index in [1.54, 1.807) is 0 Å². The fourth-order valence-corrected chi connectivity index (χ4v) is 1.68. The Morgan fingerprint density at radius 2 is 2.20 bits per heavy atom. The van der Waals surface area contributed by atoms with E-state index in [4.69, 9.17) is 0 Å². The van der Waals surface area contributed by atoms with Crippen LogP contribution in [0.2, 0.25) is 0 Å². The Balaban J connectivity index is 2.88.